The van der Waals surface area contributed by atoms with Gasteiger partial charge in [0.1, 0.15) is 29.8 Å². The van der Waals surface area contributed by atoms with Gasteiger partial charge in [-0.3, -0.25) is 4.90 Å². The Hall–Kier alpha value is -2.62. The van der Waals surface area contributed by atoms with Crippen LogP contribution in [-0.4, -0.2) is 77.5 Å². The molecule has 1 atom stereocenters. The van der Waals surface area contributed by atoms with Gasteiger partial charge >= 0.3 is 0 Å². The minimum absolute atomic E-state index is 0. The van der Waals surface area contributed by atoms with E-state index in [4.69, 9.17) is 13.9 Å². The number of tetrazole rings is 1. The summed E-state index contributed by atoms with van der Waals surface area (Å²) in [6, 6.07) is 9.45. The lowest BCUT2D eigenvalue weighted by Gasteiger charge is -2.37. The third kappa shape index (κ3) is 4.58. The number of piperazine rings is 1. The Balaban J connectivity index is 0.00000256. The second kappa shape index (κ2) is 9.92. The normalized spacial score (nSPS) is 16.1. The molecule has 0 bridgehead atoms. The van der Waals surface area contributed by atoms with E-state index < -0.39 is 0 Å². The van der Waals surface area contributed by atoms with Crippen molar-refractivity contribution in [2.24, 2.45) is 0 Å². The zero-order valence-corrected chi connectivity index (χ0v) is 18.1. The fourth-order valence-electron chi connectivity index (χ4n) is 3.70. The van der Waals surface area contributed by atoms with E-state index in [1.54, 1.807) is 25.2 Å². The molecule has 3 heterocycles. The van der Waals surface area contributed by atoms with Crippen LogP contribution in [-0.2, 0) is 6.54 Å². The number of hydrogen-bond donors (Lipinski definition) is 0. The lowest BCUT2D eigenvalue weighted by atomic mass is 10.0. The lowest BCUT2D eigenvalue weighted by Crippen LogP contribution is -3.00. The van der Waals surface area contributed by atoms with E-state index >= 15 is 0 Å². The third-order valence-corrected chi connectivity index (χ3v) is 5.32. The van der Waals surface area contributed by atoms with Crippen LogP contribution < -0.4 is 21.9 Å². The number of benzene rings is 1. The predicted octanol–water partition coefficient (Wildman–Crippen LogP) is -1.33. The fraction of sp³-hybridized carbons (Fsp3) is 0.450. The first-order valence-corrected chi connectivity index (χ1v) is 9.62. The smallest absolute Gasteiger partial charge is 0.173 e. The molecule has 0 spiro atoms. The Morgan fingerprint density at radius 1 is 1.10 bits per heavy atom. The van der Waals surface area contributed by atoms with Gasteiger partial charge in [0.25, 0.3) is 0 Å². The summed E-state index contributed by atoms with van der Waals surface area (Å²) in [6.45, 7) is 4.21. The zero-order valence-electron chi connectivity index (χ0n) is 17.4. The van der Waals surface area contributed by atoms with Crippen molar-refractivity contribution in [2.75, 3.05) is 47.4 Å². The van der Waals surface area contributed by atoms with E-state index in [9.17, 15) is 0 Å². The number of likely N-dealkylation sites (N-methyl/N-ethyl adjacent to an activating group) is 1. The number of ether oxygens (including phenoxy) is 2. The lowest BCUT2D eigenvalue weighted by molar-refractivity contribution is -0.00000726. The van der Waals surface area contributed by atoms with Gasteiger partial charge in [-0.25, -0.2) is 4.68 Å². The molecule has 4 rings (SSSR count). The number of nitrogens with zero attached hydrogens (tertiary/aromatic N) is 6. The van der Waals surface area contributed by atoms with Crippen LogP contribution in [0, 0.1) is 0 Å². The molecule has 1 saturated heterocycles. The van der Waals surface area contributed by atoms with Crippen LogP contribution in [0.4, 0.5) is 0 Å². The van der Waals surface area contributed by atoms with Crippen LogP contribution in [0.1, 0.15) is 23.2 Å². The van der Waals surface area contributed by atoms with E-state index in [0.29, 0.717) is 6.54 Å². The maximum Gasteiger partial charge on any atom is 0.173 e. The van der Waals surface area contributed by atoms with E-state index in [1.807, 2.05) is 30.3 Å². The van der Waals surface area contributed by atoms with Gasteiger partial charge in [-0.2, -0.15) is 0 Å². The van der Waals surface area contributed by atoms with Crippen LogP contribution in [0.3, 0.4) is 0 Å². The van der Waals surface area contributed by atoms with Gasteiger partial charge in [-0.15, -0.1) is 5.10 Å². The Bertz CT molecular complexity index is 925. The van der Waals surface area contributed by atoms with Gasteiger partial charge in [-0.1, -0.05) is 0 Å². The highest BCUT2D eigenvalue weighted by molar-refractivity contribution is 5.44. The SMILES string of the molecule is COc1ccc(OC)c(C(c2nnnn2Cc2ccco2)N2CCN(C)CC2)c1.[Cl-]. The molecule has 1 fully saturated rings. The van der Waals surface area contributed by atoms with Crippen LogP contribution in [0.25, 0.3) is 0 Å². The predicted molar refractivity (Wildman–Crippen MR) is 106 cm³/mol. The van der Waals surface area contributed by atoms with Crippen molar-refractivity contribution in [1.29, 1.82) is 0 Å². The minimum atomic E-state index is -0.168. The van der Waals surface area contributed by atoms with Gasteiger partial charge in [0.15, 0.2) is 5.82 Å². The molecule has 0 amide bonds. The summed E-state index contributed by atoms with van der Waals surface area (Å²) >= 11 is 0. The molecule has 10 heteroatoms. The van der Waals surface area contributed by atoms with Crippen molar-refractivity contribution in [3.63, 3.8) is 0 Å². The summed E-state index contributed by atoms with van der Waals surface area (Å²) in [5.41, 5.74) is 0.979. The number of methoxy groups -OCH3 is 2. The summed E-state index contributed by atoms with van der Waals surface area (Å²) in [7, 11) is 5.48. The highest BCUT2D eigenvalue weighted by atomic mass is 35.5. The van der Waals surface area contributed by atoms with Gasteiger partial charge in [0.2, 0.25) is 0 Å². The monoisotopic (exact) mass is 433 g/mol. The molecule has 30 heavy (non-hydrogen) atoms. The van der Waals surface area contributed by atoms with Crippen molar-refractivity contribution in [3.8, 4) is 11.5 Å². The molecule has 0 radical (unpaired) electrons. The first kappa shape index (κ1) is 22.1. The quantitative estimate of drug-likeness (QED) is 0.453. The molecule has 1 aliphatic rings. The molecule has 1 aliphatic heterocycles. The average Bonchev–Trinajstić information content (AvgIpc) is 3.42. The molecule has 0 saturated carbocycles. The number of aromatic nitrogens is 4. The molecule has 3 aromatic rings. The standard InChI is InChI=1S/C20H26N6O3.ClH/c1-24-8-10-25(11-9-24)19(17-13-15(27-2)6-7-18(17)28-3)20-21-22-23-26(20)14-16-5-4-12-29-16;/h4-7,12-13,19H,8-11,14H2,1-3H3;1H/p-1. The van der Waals surface area contributed by atoms with Crippen molar-refractivity contribution in [1.82, 2.24) is 30.0 Å². The Morgan fingerprint density at radius 2 is 1.90 bits per heavy atom. The largest absolute Gasteiger partial charge is 1.00 e. The highest BCUT2D eigenvalue weighted by Crippen LogP contribution is 2.36. The van der Waals surface area contributed by atoms with Crippen LogP contribution >= 0.6 is 0 Å². The van der Waals surface area contributed by atoms with Gasteiger partial charge in [0, 0.05) is 31.7 Å². The summed E-state index contributed by atoms with van der Waals surface area (Å²) in [5, 5.41) is 12.6. The van der Waals surface area contributed by atoms with Gasteiger partial charge in [0.05, 0.1) is 20.5 Å². The van der Waals surface area contributed by atoms with Crippen molar-refractivity contribution < 1.29 is 26.3 Å². The Labute approximate surface area is 182 Å². The summed E-state index contributed by atoms with van der Waals surface area (Å²) in [6.07, 6.45) is 1.66. The average molecular weight is 434 g/mol. The number of furan rings is 1. The Kier molecular flexibility index (Phi) is 7.30. The topological polar surface area (TPSA) is 81.7 Å². The van der Waals surface area contributed by atoms with Crippen molar-refractivity contribution in [3.05, 3.63) is 53.7 Å². The van der Waals surface area contributed by atoms with Crippen LogP contribution in [0.15, 0.2) is 41.0 Å². The molecule has 1 unspecified atom stereocenters. The van der Waals surface area contributed by atoms with Crippen molar-refractivity contribution >= 4 is 0 Å². The highest BCUT2D eigenvalue weighted by Gasteiger charge is 2.32. The van der Waals surface area contributed by atoms with E-state index in [0.717, 1.165) is 54.8 Å². The molecule has 2 aromatic heterocycles. The van der Waals surface area contributed by atoms with Gasteiger partial charge in [-0.05, 0) is 47.8 Å². The number of rotatable bonds is 7. The minimum Gasteiger partial charge on any atom is -1.00 e. The second-order valence-electron chi connectivity index (χ2n) is 7.12. The first-order chi connectivity index (χ1) is 14.2. The number of halogens is 1. The molecule has 0 N–H and O–H groups in total. The maximum absolute atomic E-state index is 5.69. The first-order valence-electron chi connectivity index (χ1n) is 9.62. The van der Waals surface area contributed by atoms with Crippen LogP contribution in [0.5, 0.6) is 11.5 Å². The molecule has 9 nitrogen and oxygen atoms in total. The molecular weight excluding hydrogens is 408 g/mol. The Morgan fingerprint density at radius 3 is 2.57 bits per heavy atom. The molecule has 162 valence electrons. The molecule has 0 aliphatic carbocycles. The second-order valence-corrected chi connectivity index (χ2v) is 7.12. The van der Waals surface area contributed by atoms with E-state index in [-0.39, 0.29) is 18.4 Å². The molecular formula is C20H26ClN6O3-. The number of hydrogen-bond acceptors (Lipinski definition) is 8. The summed E-state index contributed by atoms with van der Waals surface area (Å²) in [4.78, 5) is 4.71. The van der Waals surface area contributed by atoms with E-state index in [1.165, 1.54) is 0 Å². The third-order valence-electron chi connectivity index (χ3n) is 5.32. The van der Waals surface area contributed by atoms with Gasteiger partial charge < -0.3 is 31.2 Å². The van der Waals surface area contributed by atoms with Crippen LogP contribution in [0.2, 0.25) is 0 Å². The fourth-order valence-corrected chi connectivity index (χ4v) is 3.70. The maximum atomic E-state index is 5.69. The van der Waals surface area contributed by atoms with Crippen molar-refractivity contribution in [2.45, 2.75) is 12.6 Å². The summed E-state index contributed by atoms with van der Waals surface area (Å²) in [5.74, 6) is 3.10. The molecule has 1 aromatic carbocycles. The van der Waals surface area contributed by atoms with E-state index in [2.05, 4.69) is 32.4 Å². The zero-order chi connectivity index (χ0) is 20.2. The summed E-state index contributed by atoms with van der Waals surface area (Å²) < 4.78 is 18.5.